The summed E-state index contributed by atoms with van der Waals surface area (Å²) in [4.78, 5) is 19.0. The van der Waals surface area contributed by atoms with E-state index < -0.39 is 0 Å². The van der Waals surface area contributed by atoms with E-state index in [1.54, 1.807) is 0 Å². The van der Waals surface area contributed by atoms with E-state index in [0.29, 0.717) is 18.1 Å². The number of nitrogens with zero attached hydrogens (tertiary/aromatic N) is 2. The minimum atomic E-state index is -0.203. The van der Waals surface area contributed by atoms with Gasteiger partial charge in [0.25, 0.3) is 5.91 Å². The molecule has 0 bridgehead atoms. The molecular formula is C9H14N4O. The Bertz CT molecular complexity index is 296. The number of aromatic nitrogens is 2. The third-order valence-electron chi connectivity index (χ3n) is 1.72. The lowest BCUT2D eigenvalue weighted by molar-refractivity contribution is 0.0948. The molecule has 0 radical (unpaired) electrons. The Hall–Kier alpha value is -1.65. The van der Waals surface area contributed by atoms with Crippen LogP contribution in [0, 0.1) is 0 Å². The Morgan fingerprint density at radius 2 is 2.29 bits per heavy atom. The van der Waals surface area contributed by atoms with Gasteiger partial charge >= 0.3 is 0 Å². The number of nitrogen functional groups attached to an aromatic ring is 1. The number of carbonyl (C=O) groups is 1. The van der Waals surface area contributed by atoms with Gasteiger partial charge in [0.2, 0.25) is 0 Å². The molecule has 0 fully saturated rings. The molecule has 3 N–H and O–H groups in total. The fraction of sp³-hybridized carbons (Fsp3) is 0.444. The van der Waals surface area contributed by atoms with Crippen molar-refractivity contribution in [3.05, 3.63) is 18.1 Å². The number of hydrogen-bond donors (Lipinski definition) is 2. The van der Waals surface area contributed by atoms with Crippen molar-refractivity contribution < 1.29 is 4.79 Å². The zero-order valence-corrected chi connectivity index (χ0v) is 8.16. The van der Waals surface area contributed by atoms with Crippen molar-refractivity contribution in [2.45, 2.75) is 19.8 Å². The molecule has 0 aliphatic heterocycles. The van der Waals surface area contributed by atoms with Gasteiger partial charge in [-0.2, -0.15) is 0 Å². The fourth-order valence-electron chi connectivity index (χ4n) is 0.925. The molecule has 5 heteroatoms. The summed E-state index contributed by atoms with van der Waals surface area (Å²) in [7, 11) is 0. The maximum absolute atomic E-state index is 11.4. The van der Waals surface area contributed by atoms with E-state index in [0.717, 1.165) is 12.8 Å². The molecule has 0 saturated carbocycles. The van der Waals surface area contributed by atoms with E-state index in [1.165, 1.54) is 12.4 Å². The highest BCUT2D eigenvalue weighted by atomic mass is 16.1. The van der Waals surface area contributed by atoms with Crippen LogP contribution in [0.3, 0.4) is 0 Å². The highest BCUT2D eigenvalue weighted by Crippen LogP contribution is 1.95. The Labute approximate surface area is 82.7 Å². The van der Waals surface area contributed by atoms with E-state index in [2.05, 4.69) is 22.2 Å². The van der Waals surface area contributed by atoms with Crippen LogP contribution < -0.4 is 11.1 Å². The Kier molecular flexibility index (Phi) is 3.84. The van der Waals surface area contributed by atoms with Gasteiger partial charge in [0.05, 0.1) is 12.4 Å². The first-order valence-electron chi connectivity index (χ1n) is 4.59. The van der Waals surface area contributed by atoms with Gasteiger partial charge in [0.15, 0.2) is 0 Å². The van der Waals surface area contributed by atoms with E-state index in [-0.39, 0.29) is 5.91 Å². The van der Waals surface area contributed by atoms with Gasteiger partial charge in [-0.3, -0.25) is 4.79 Å². The highest BCUT2D eigenvalue weighted by Gasteiger charge is 2.05. The van der Waals surface area contributed by atoms with E-state index >= 15 is 0 Å². The number of nitrogens with two attached hydrogens (primary N) is 1. The fourth-order valence-corrected chi connectivity index (χ4v) is 0.925. The first kappa shape index (κ1) is 10.4. The molecule has 76 valence electrons. The second kappa shape index (κ2) is 5.16. The van der Waals surface area contributed by atoms with Gasteiger partial charge < -0.3 is 11.1 Å². The topological polar surface area (TPSA) is 80.9 Å². The SMILES string of the molecule is CCCCNC(=O)c1cnc(N)cn1. The molecule has 1 aromatic heterocycles. The lowest BCUT2D eigenvalue weighted by Gasteiger charge is -2.02. The van der Waals surface area contributed by atoms with Crippen molar-refractivity contribution in [3.63, 3.8) is 0 Å². The third-order valence-corrected chi connectivity index (χ3v) is 1.72. The molecule has 0 unspecified atom stereocenters. The number of nitrogens with one attached hydrogen (secondary N) is 1. The molecule has 14 heavy (non-hydrogen) atoms. The summed E-state index contributed by atoms with van der Waals surface area (Å²) in [5.74, 6) is 0.112. The minimum Gasteiger partial charge on any atom is -0.382 e. The molecule has 0 aromatic carbocycles. The Morgan fingerprint density at radius 3 is 2.86 bits per heavy atom. The average molecular weight is 194 g/mol. The lowest BCUT2D eigenvalue weighted by atomic mass is 10.3. The van der Waals surface area contributed by atoms with Crippen LogP contribution in [0.4, 0.5) is 5.82 Å². The molecule has 0 aliphatic rings. The smallest absolute Gasteiger partial charge is 0.271 e. The zero-order chi connectivity index (χ0) is 10.4. The number of hydrogen-bond acceptors (Lipinski definition) is 4. The van der Waals surface area contributed by atoms with Crippen molar-refractivity contribution in [1.82, 2.24) is 15.3 Å². The van der Waals surface area contributed by atoms with E-state index in [1.807, 2.05) is 0 Å². The second-order valence-corrected chi connectivity index (χ2v) is 2.94. The quantitative estimate of drug-likeness (QED) is 0.687. The molecular weight excluding hydrogens is 180 g/mol. The van der Waals surface area contributed by atoms with Gasteiger partial charge in [-0.1, -0.05) is 13.3 Å². The van der Waals surface area contributed by atoms with E-state index in [4.69, 9.17) is 5.73 Å². The first-order valence-corrected chi connectivity index (χ1v) is 4.59. The summed E-state index contributed by atoms with van der Waals surface area (Å²) in [5, 5.41) is 2.74. The van der Waals surface area contributed by atoms with Crippen molar-refractivity contribution in [2.75, 3.05) is 12.3 Å². The largest absolute Gasteiger partial charge is 0.382 e. The summed E-state index contributed by atoms with van der Waals surface area (Å²) in [5.41, 5.74) is 5.64. The summed E-state index contributed by atoms with van der Waals surface area (Å²) >= 11 is 0. The maximum atomic E-state index is 11.4. The van der Waals surface area contributed by atoms with Gasteiger partial charge in [-0.25, -0.2) is 9.97 Å². The van der Waals surface area contributed by atoms with Crippen LogP contribution in [0.2, 0.25) is 0 Å². The van der Waals surface area contributed by atoms with Crippen LogP contribution in [-0.2, 0) is 0 Å². The van der Waals surface area contributed by atoms with Crippen LogP contribution >= 0.6 is 0 Å². The molecule has 1 heterocycles. The molecule has 0 spiro atoms. The van der Waals surface area contributed by atoms with Crippen LogP contribution in [0.5, 0.6) is 0 Å². The van der Waals surface area contributed by atoms with Crippen LogP contribution in [0.15, 0.2) is 12.4 Å². The summed E-state index contributed by atoms with van der Waals surface area (Å²) < 4.78 is 0. The predicted molar refractivity (Wildman–Crippen MR) is 53.7 cm³/mol. The highest BCUT2D eigenvalue weighted by molar-refractivity contribution is 5.91. The maximum Gasteiger partial charge on any atom is 0.271 e. The normalized spacial score (nSPS) is 9.79. The van der Waals surface area contributed by atoms with Crippen molar-refractivity contribution >= 4 is 11.7 Å². The monoisotopic (exact) mass is 194 g/mol. The molecule has 5 nitrogen and oxygen atoms in total. The standard InChI is InChI=1S/C9H14N4O/c1-2-3-4-11-9(14)7-5-13-8(10)6-12-7/h5-6H,2-4H2,1H3,(H2,10,13)(H,11,14). The van der Waals surface area contributed by atoms with Crippen molar-refractivity contribution in [1.29, 1.82) is 0 Å². The summed E-state index contributed by atoms with van der Waals surface area (Å²) in [6.45, 7) is 2.73. The molecule has 1 rings (SSSR count). The first-order chi connectivity index (χ1) is 6.74. The van der Waals surface area contributed by atoms with Crippen molar-refractivity contribution in [3.8, 4) is 0 Å². The molecule has 0 aliphatic carbocycles. The van der Waals surface area contributed by atoms with Gasteiger partial charge in [0, 0.05) is 6.54 Å². The van der Waals surface area contributed by atoms with Crippen molar-refractivity contribution in [2.24, 2.45) is 0 Å². The lowest BCUT2D eigenvalue weighted by Crippen LogP contribution is -2.25. The molecule has 1 amide bonds. The zero-order valence-electron chi connectivity index (χ0n) is 8.16. The molecule has 1 aromatic rings. The Balaban J connectivity index is 2.48. The molecule has 0 atom stereocenters. The number of unbranched alkanes of at least 4 members (excludes halogenated alkanes) is 1. The van der Waals surface area contributed by atoms with Crippen LogP contribution in [0.25, 0.3) is 0 Å². The Morgan fingerprint density at radius 1 is 1.50 bits per heavy atom. The number of amides is 1. The minimum absolute atomic E-state index is 0.203. The molecule has 0 saturated heterocycles. The van der Waals surface area contributed by atoms with E-state index in [9.17, 15) is 4.79 Å². The average Bonchev–Trinajstić information content (AvgIpc) is 2.19. The summed E-state index contributed by atoms with van der Waals surface area (Å²) in [6, 6.07) is 0. The summed E-state index contributed by atoms with van der Waals surface area (Å²) in [6.07, 6.45) is 4.76. The number of rotatable bonds is 4. The van der Waals surface area contributed by atoms with Crippen LogP contribution in [-0.4, -0.2) is 22.4 Å². The third kappa shape index (κ3) is 3.01. The number of carbonyl (C=O) groups excluding carboxylic acids is 1. The van der Waals surface area contributed by atoms with Crippen LogP contribution in [0.1, 0.15) is 30.3 Å². The number of anilines is 1. The van der Waals surface area contributed by atoms with Gasteiger partial charge in [-0.05, 0) is 6.42 Å². The van der Waals surface area contributed by atoms with Gasteiger partial charge in [0.1, 0.15) is 11.5 Å². The second-order valence-electron chi connectivity index (χ2n) is 2.94. The predicted octanol–water partition coefficient (Wildman–Crippen LogP) is 0.589. The van der Waals surface area contributed by atoms with Gasteiger partial charge in [-0.15, -0.1) is 0 Å².